The Morgan fingerprint density at radius 2 is 0.742 bits per heavy atom. The molecule has 2 aromatic heterocycles. The highest BCUT2D eigenvalue weighted by molar-refractivity contribution is 7.26. The zero-order valence-corrected chi connectivity index (χ0v) is 35.3. The van der Waals surface area contributed by atoms with Gasteiger partial charge in [0.2, 0.25) is 0 Å². The van der Waals surface area contributed by atoms with Crippen molar-refractivity contribution >= 4 is 108 Å². The highest BCUT2D eigenvalue weighted by Crippen LogP contribution is 2.52. The predicted molar refractivity (Wildman–Crippen MR) is 270 cm³/mol. The molecule has 0 saturated carbocycles. The van der Waals surface area contributed by atoms with Crippen molar-refractivity contribution in [2.75, 3.05) is 9.80 Å². The van der Waals surface area contributed by atoms with Gasteiger partial charge in [0.25, 0.3) is 0 Å². The zero-order chi connectivity index (χ0) is 41.0. The number of nitrogens with zero attached hydrogens (tertiary/aromatic N) is 2. The van der Waals surface area contributed by atoms with Crippen LogP contribution in [0, 0.1) is 0 Å². The average Bonchev–Trinajstić information content (AvgIpc) is 3.92. The largest absolute Gasteiger partial charge is 0.308 e. The molecular weight excluding hydrogens is 789 g/mol. The Labute approximate surface area is 368 Å². The molecule has 292 valence electrons. The van der Waals surface area contributed by atoms with Crippen molar-refractivity contribution in [1.82, 2.24) is 0 Å². The minimum absolute atomic E-state index is 1.11. The quantitative estimate of drug-likeness (QED) is 0.151. The Balaban J connectivity index is 1.20. The molecule has 0 bridgehead atoms. The topological polar surface area (TPSA) is 6.48 Å². The number of anilines is 6. The van der Waals surface area contributed by atoms with Crippen LogP contribution in [-0.2, 0) is 0 Å². The van der Waals surface area contributed by atoms with E-state index in [0.29, 0.717) is 0 Å². The minimum Gasteiger partial charge on any atom is -0.308 e. The number of hydrogen-bond acceptors (Lipinski definition) is 4. The summed E-state index contributed by atoms with van der Waals surface area (Å²) in [5.74, 6) is 0. The fraction of sp³-hybridized carbons (Fsp3) is 0. The second-order valence-corrected chi connectivity index (χ2v) is 17.7. The molecule has 2 nitrogen and oxygen atoms in total. The molecule has 0 spiro atoms. The molecule has 62 heavy (non-hydrogen) atoms. The van der Waals surface area contributed by atoms with Gasteiger partial charge in [0.05, 0.1) is 32.1 Å². The molecule has 0 aliphatic rings. The van der Waals surface area contributed by atoms with Crippen LogP contribution in [-0.4, -0.2) is 0 Å². The first-order valence-corrected chi connectivity index (χ1v) is 22.6. The van der Waals surface area contributed by atoms with Crippen molar-refractivity contribution in [2.45, 2.75) is 0 Å². The first-order chi connectivity index (χ1) is 30.8. The molecule has 0 aliphatic carbocycles. The van der Waals surface area contributed by atoms with Gasteiger partial charge in [-0.2, -0.15) is 0 Å². The van der Waals surface area contributed by atoms with E-state index in [1.54, 1.807) is 0 Å². The standard InChI is InChI=1S/C58H38N2S2/c1-5-19-39(20-6-1)48-37-41-35-36-50(59(42-23-9-3-10-24-42)51-31-17-29-46-44-27-13-15-33-54(44)61-57(46)51)56(40-21-7-2-8-22-40)49(41)38-53(48)60(43-25-11-4-12-26-43)52-32-18-30-47-45-28-14-16-34-55(45)62-58(47)52/h1-38H. The minimum atomic E-state index is 1.11. The third-order valence-corrected chi connectivity index (χ3v) is 14.4. The van der Waals surface area contributed by atoms with Crippen LogP contribution in [0.3, 0.4) is 0 Å². The summed E-state index contributed by atoms with van der Waals surface area (Å²) in [4.78, 5) is 4.98. The van der Waals surface area contributed by atoms with Gasteiger partial charge in [-0.15, -0.1) is 22.7 Å². The molecule has 10 aromatic carbocycles. The van der Waals surface area contributed by atoms with E-state index in [9.17, 15) is 0 Å². The Morgan fingerprint density at radius 1 is 0.290 bits per heavy atom. The van der Waals surface area contributed by atoms with Crippen LogP contribution in [0.15, 0.2) is 231 Å². The van der Waals surface area contributed by atoms with Crippen molar-refractivity contribution in [3.8, 4) is 22.3 Å². The van der Waals surface area contributed by atoms with Gasteiger partial charge in [0.15, 0.2) is 0 Å². The fourth-order valence-corrected chi connectivity index (χ4v) is 11.7. The maximum absolute atomic E-state index is 2.49. The second kappa shape index (κ2) is 15.2. The number of rotatable bonds is 8. The van der Waals surface area contributed by atoms with Crippen LogP contribution in [0.2, 0.25) is 0 Å². The lowest BCUT2D eigenvalue weighted by Gasteiger charge is -2.31. The van der Waals surface area contributed by atoms with Gasteiger partial charge >= 0.3 is 0 Å². The predicted octanol–water partition coefficient (Wildman–Crippen LogP) is 17.8. The maximum atomic E-state index is 2.49. The summed E-state index contributed by atoms with van der Waals surface area (Å²) in [6.45, 7) is 0. The molecule has 12 aromatic rings. The molecule has 4 heteroatoms. The molecule has 0 radical (unpaired) electrons. The van der Waals surface area contributed by atoms with E-state index in [1.807, 2.05) is 22.7 Å². The first-order valence-electron chi connectivity index (χ1n) is 21.0. The number of benzene rings is 10. The lowest BCUT2D eigenvalue weighted by atomic mass is 9.91. The molecule has 0 saturated heterocycles. The van der Waals surface area contributed by atoms with E-state index < -0.39 is 0 Å². The lowest BCUT2D eigenvalue weighted by Crippen LogP contribution is -2.13. The SMILES string of the molecule is c1ccc(-c2cc3ccc(N(c4ccccc4)c4cccc5c4sc4ccccc45)c(-c4ccccc4)c3cc2N(c2ccccc2)c2cccc3c2sc2ccccc23)cc1. The van der Waals surface area contributed by atoms with Crippen LogP contribution in [0.5, 0.6) is 0 Å². The molecule has 12 rings (SSSR count). The van der Waals surface area contributed by atoms with Gasteiger partial charge in [0.1, 0.15) is 0 Å². The summed E-state index contributed by atoms with van der Waals surface area (Å²) in [6, 6.07) is 84.3. The van der Waals surface area contributed by atoms with Crippen molar-refractivity contribution in [3.63, 3.8) is 0 Å². The van der Waals surface area contributed by atoms with Crippen molar-refractivity contribution in [2.24, 2.45) is 0 Å². The van der Waals surface area contributed by atoms with Crippen LogP contribution >= 0.6 is 22.7 Å². The summed E-state index contributed by atoms with van der Waals surface area (Å²) < 4.78 is 5.11. The van der Waals surface area contributed by atoms with Gasteiger partial charge in [-0.05, 0) is 88.6 Å². The van der Waals surface area contributed by atoms with Gasteiger partial charge in [-0.25, -0.2) is 0 Å². The lowest BCUT2D eigenvalue weighted by molar-refractivity contribution is 1.30. The number of hydrogen-bond donors (Lipinski definition) is 0. The van der Waals surface area contributed by atoms with Crippen LogP contribution < -0.4 is 9.80 Å². The van der Waals surface area contributed by atoms with Gasteiger partial charge in [-0.3, -0.25) is 0 Å². The van der Waals surface area contributed by atoms with Crippen LogP contribution in [0.4, 0.5) is 34.1 Å². The van der Waals surface area contributed by atoms with Crippen LogP contribution in [0.1, 0.15) is 0 Å². The first kappa shape index (κ1) is 36.4. The Kier molecular flexibility index (Phi) is 8.91. The Hall–Kier alpha value is -7.50. The molecule has 0 aliphatic heterocycles. The fourth-order valence-electron chi connectivity index (χ4n) is 9.26. The smallest absolute Gasteiger partial charge is 0.0640 e. The number of para-hydroxylation sites is 2. The summed E-state index contributed by atoms with van der Waals surface area (Å²) in [5, 5.41) is 7.47. The maximum Gasteiger partial charge on any atom is 0.0640 e. The number of fused-ring (bicyclic) bond motifs is 7. The molecule has 0 amide bonds. The normalized spacial score (nSPS) is 11.5. The summed E-state index contributed by atoms with van der Waals surface area (Å²) >= 11 is 3.74. The Morgan fingerprint density at radius 3 is 1.29 bits per heavy atom. The Bertz CT molecular complexity index is 3580. The van der Waals surface area contributed by atoms with E-state index in [-0.39, 0.29) is 0 Å². The van der Waals surface area contributed by atoms with Crippen molar-refractivity contribution in [3.05, 3.63) is 231 Å². The van der Waals surface area contributed by atoms with E-state index in [1.165, 1.54) is 67.8 Å². The van der Waals surface area contributed by atoms with E-state index in [2.05, 4.69) is 240 Å². The van der Waals surface area contributed by atoms with Crippen LogP contribution in [0.25, 0.3) is 73.4 Å². The second-order valence-electron chi connectivity index (χ2n) is 15.6. The molecule has 2 heterocycles. The molecule has 0 fully saturated rings. The average molecular weight is 827 g/mol. The highest BCUT2D eigenvalue weighted by Gasteiger charge is 2.26. The van der Waals surface area contributed by atoms with Gasteiger partial charge in [-0.1, -0.05) is 164 Å². The highest BCUT2D eigenvalue weighted by atomic mass is 32.1. The molecular formula is C58H38N2S2. The summed E-state index contributed by atoms with van der Waals surface area (Å²) in [5.41, 5.74) is 11.5. The molecule has 0 unspecified atom stereocenters. The summed E-state index contributed by atoms with van der Waals surface area (Å²) in [6.07, 6.45) is 0. The summed E-state index contributed by atoms with van der Waals surface area (Å²) in [7, 11) is 0. The van der Waals surface area contributed by atoms with Gasteiger partial charge < -0.3 is 9.80 Å². The third kappa shape index (κ3) is 6.07. The van der Waals surface area contributed by atoms with E-state index in [4.69, 9.17) is 0 Å². The van der Waals surface area contributed by atoms with Crippen molar-refractivity contribution in [1.29, 1.82) is 0 Å². The number of thiophene rings is 2. The molecule has 0 N–H and O–H groups in total. The van der Waals surface area contributed by atoms with E-state index in [0.717, 1.165) is 39.7 Å². The van der Waals surface area contributed by atoms with Gasteiger partial charge in [0, 0.05) is 53.4 Å². The zero-order valence-electron chi connectivity index (χ0n) is 33.7. The van der Waals surface area contributed by atoms with Crippen molar-refractivity contribution < 1.29 is 0 Å². The monoisotopic (exact) mass is 826 g/mol. The third-order valence-electron chi connectivity index (χ3n) is 12.0. The van der Waals surface area contributed by atoms with E-state index >= 15 is 0 Å². The molecule has 0 atom stereocenters.